The zero-order valence-corrected chi connectivity index (χ0v) is 13.4. The Hall–Kier alpha value is -3.07. The highest BCUT2D eigenvalue weighted by molar-refractivity contribution is 5.88. The van der Waals surface area contributed by atoms with Crippen LogP contribution in [0.15, 0.2) is 72.8 Å². The molecule has 1 radical (unpaired) electrons. The van der Waals surface area contributed by atoms with Crippen LogP contribution in [0, 0.1) is 0 Å². The Balaban J connectivity index is 1.97. The number of benzene rings is 3. The third-order valence-electron chi connectivity index (χ3n) is 4.28. The van der Waals surface area contributed by atoms with Gasteiger partial charge in [0.2, 0.25) is 0 Å². The van der Waals surface area contributed by atoms with E-state index in [1.807, 2.05) is 66.7 Å². The van der Waals surface area contributed by atoms with Gasteiger partial charge < -0.3 is 4.57 Å². The average molecular weight is 313 g/mol. The van der Waals surface area contributed by atoms with Gasteiger partial charge in [-0.25, -0.2) is 4.98 Å². The maximum Gasteiger partial charge on any atom is 0.188 e. The van der Waals surface area contributed by atoms with E-state index in [9.17, 15) is 5.11 Å². The minimum Gasteiger partial charge on any atom is -0.324 e. The highest BCUT2D eigenvalue weighted by Gasteiger charge is 2.15. The molecule has 1 aromatic heterocycles. The first kappa shape index (κ1) is 14.5. The molecule has 0 aliphatic heterocycles. The van der Waals surface area contributed by atoms with Crippen molar-refractivity contribution in [3.8, 4) is 28.3 Å². The number of hydrogen-bond donors (Lipinski definition) is 0. The molecular formula is C21H17N2O. The fourth-order valence-corrected chi connectivity index (χ4v) is 3.12. The highest BCUT2D eigenvalue weighted by Crippen LogP contribution is 2.35. The van der Waals surface area contributed by atoms with Crippen molar-refractivity contribution in [1.82, 2.24) is 9.55 Å². The van der Waals surface area contributed by atoms with Gasteiger partial charge in [0.15, 0.2) is 5.75 Å². The normalized spacial score (nSPS) is 11.0. The maximum absolute atomic E-state index is 12.5. The molecular weight excluding hydrogens is 296 g/mol. The molecule has 0 amide bonds. The van der Waals surface area contributed by atoms with E-state index in [1.165, 1.54) is 0 Å². The molecule has 0 saturated heterocycles. The van der Waals surface area contributed by atoms with Crippen LogP contribution < -0.4 is 0 Å². The average Bonchev–Trinajstić information content (AvgIpc) is 2.99. The molecule has 0 aliphatic carbocycles. The SMILES string of the molecule is CCn1c(-c2ccccc2)nc2cc([O])c(-c3ccccc3)cc21. The van der Waals surface area contributed by atoms with E-state index in [0.29, 0.717) is 0 Å². The van der Waals surface area contributed by atoms with Gasteiger partial charge in [-0.05, 0) is 18.6 Å². The van der Waals surface area contributed by atoms with Crippen LogP contribution in [0.4, 0.5) is 0 Å². The molecule has 4 rings (SSSR count). The van der Waals surface area contributed by atoms with Crippen LogP contribution in [0.3, 0.4) is 0 Å². The van der Waals surface area contributed by atoms with E-state index in [-0.39, 0.29) is 5.75 Å². The molecule has 0 atom stereocenters. The maximum atomic E-state index is 12.5. The molecule has 1 heterocycles. The van der Waals surface area contributed by atoms with Crippen molar-refractivity contribution in [3.63, 3.8) is 0 Å². The summed E-state index contributed by atoms with van der Waals surface area (Å²) in [5.41, 5.74) is 4.46. The summed E-state index contributed by atoms with van der Waals surface area (Å²) < 4.78 is 2.16. The zero-order chi connectivity index (χ0) is 16.5. The molecule has 117 valence electrons. The smallest absolute Gasteiger partial charge is 0.188 e. The van der Waals surface area contributed by atoms with Gasteiger partial charge in [-0.3, -0.25) is 5.11 Å². The van der Waals surface area contributed by atoms with Crippen molar-refractivity contribution in [3.05, 3.63) is 72.8 Å². The molecule has 0 saturated carbocycles. The first-order chi connectivity index (χ1) is 11.8. The molecule has 4 aromatic rings. The van der Waals surface area contributed by atoms with Crippen molar-refractivity contribution in [2.24, 2.45) is 0 Å². The molecule has 0 bridgehead atoms. The summed E-state index contributed by atoms with van der Waals surface area (Å²) in [6.45, 7) is 2.90. The topological polar surface area (TPSA) is 37.7 Å². The second-order valence-corrected chi connectivity index (χ2v) is 5.75. The lowest BCUT2D eigenvalue weighted by Crippen LogP contribution is -1.97. The number of nitrogens with zero attached hydrogens (tertiary/aromatic N) is 2. The predicted octanol–water partition coefficient (Wildman–Crippen LogP) is 5.53. The summed E-state index contributed by atoms with van der Waals surface area (Å²) in [5.74, 6) is 0.909. The Morgan fingerprint density at radius 2 is 1.50 bits per heavy atom. The van der Waals surface area contributed by atoms with Crippen LogP contribution in [-0.2, 0) is 11.7 Å². The molecule has 0 fully saturated rings. The lowest BCUT2D eigenvalue weighted by Gasteiger charge is -2.07. The van der Waals surface area contributed by atoms with Gasteiger partial charge >= 0.3 is 0 Å². The second kappa shape index (κ2) is 5.85. The van der Waals surface area contributed by atoms with Gasteiger partial charge in [0.05, 0.1) is 11.0 Å². The van der Waals surface area contributed by atoms with Crippen LogP contribution in [0.1, 0.15) is 6.92 Å². The first-order valence-corrected chi connectivity index (χ1v) is 8.10. The second-order valence-electron chi connectivity index (χ2n) is 5.75. The molecule has 3 nitrogen and oxygen atoms in total. The molecule has 0 aliphatic rings. The summed E-state index contributed by atoms with van der Waals surface area (Å²) in [6, 6.07) is 23.5. The number of rotatable bonds is 3. The van der Waals surface area contributed by atoms with Gasteiger partial charge in [-0.15, -0.1) is 0 Å². The Kier molecular flexibility index (Phi) is 3.54. The summed E-state index contributed by atoms with van der Waals surface area (Å²) in [4.78, 5) is 4.71. The van der Waals surface area contributed by atoms with Crippen LogP contribution in [0.5, 0.6) is 5.75 Å². The lowest BCUT2D eigenvalue weighted by molar-refractivity contribution is 0.357. The largest absolute Gasteiger partial charge is 0.324 e. The Morgan fingerprint density at radius 3 is 2.12 bits per heavy atom. The molecule has 3 aromatic carbocycles. The van der Waals surface area contributed by atoms with E-state index in [4.69, 9.17) is 4.98 Å². The Morgan fingerprint density at radius 1 is 0.875 bits per heavy atom. The number of aromatic nitrogens is 2. The van der Waals surface area contributed by atoms with E-state index < -0.39 is 0 Å². The van der Waals surface area contributed by atoms with Crippen molar-refractivity contribution in [1.29, 1.82) is 0 Å². The third-order valence-corrected chi connectivity index (χ3v) is 4.28. The first-order valence-electron chi connectivity index (χ1n) is 8.10. The van der Waals surface area contributed by atoms with Crippen molar-refractivity contribution in [2.45, 2.75) is 13.5 Å². The third kappa shape index (κ3) is 2.35. The summed E-state index contributed by atoms with van der Waals surface area (Å²) in [5, 5.41) is 12.5. The number of imidazole rings is 1. The van der Waals surface area contributed by atoms with Gasteiger partial charge in [-0.2, -0.15) is 0 Å². The van der Waals surface area contributed by atoms with Crippen LogP contribution >= 0.6 is 0 Å². The predicted molar refractivity (Wildman–Crippen MR) is 96.4 cm³/mol. The molecule has 3 heteroatoms. The molecule has 24 heavy (non-hydrogen) atoms. The van der Waals surface area contributed by atoms with Gasteiger partial charge in [0.25, 0.3) is 0 Å². The van der Waals surface area contributed by atoms with Gasteiger partial charge in [-0.1, -0.05) is 60.7 Å². The minimum absolute atomic E-state index is 0.00839. The van der Waals surface area contributed by atoms with Crippen molar-refractivity contribution in [2.75, 3.05) is 0 Å². The van der Waals surface area contributed by atoms with Crippen molar-refractivity contribution < 1.29 is 5.11 Å². The van der Waals surface area contributed by atoms with Gasteiger partial charge in [0.1, 0.15) is 5.82 Å². The van der Waals surface area contributed by atoms with E-state index in [1.54, 1.807) is 6.07 Å². The van der Waals surface area contributed by atoms with E-state index in [2.05, 4.69) is 11.5 Å². The highest BCUT2D eigenvalue weighted by atomic mass is 16.3. The van der Waals surface area contributed by atoms with Crippen LogP contribution in [0.25, 0.3) is 33.5 Å². The van der Waals surface area contributed by atoms with Crippen LogP contribution in [-0.4, -0.2) is 9.55 Å². The Bertz CT molecular complexity index is 989. The van der Waals surface area contributed by atoms with Crippen molar-refractivity contribution >= 4 is 11.0 Å². The molecule has 0 unspecified atom stereocenters. The quantitative estimate of drug-likeness (QED) is 0.489. The van der Waals surface area contributed by atoms with E-state index >= 15 is 0 Å². The van der Waals surface area contributed by atoms with E-state index in [0.717, 1.165) is 40.1 Å². The summed E-state index contributed by atoms with van der Waals surface area (Å²) in [7, 11) is 0. The number of hydrogen-bond acceptors (Lipinski definition) is 1. The minimum atomic E-state index is 0.00839. The number of aryl methyl sites for hydroxylation is 1. The standard InChI is InChI=1S/C21H17N2O/c1-2-23-19-13-17(15-9-5-3-6-10-15)20(24)14-18(19)22-21(23)16-11-7-4-8-12-16/h3-14H,2H2,1H3. The van der Waals surface area contributed by atoms with Crippen LogP contribution in [0.2, 0.25) is 0 Å². The van der Waals surface area contributed by atoms with Gasteiger partial charge in [0, 0.05) is 23.7 Å². The Labute approximate surface area is 140 Å². The zero-order valence-electron chi connectivity index (χ0n) is 13.4. The summed E-state index contributed by atoms with van der Waals surface area (Å²) >= 11 is 0. The fraction of sp³-hybridized carbons (Fsp3) is 0.0952. The summed E-state index contributed by atoms with van der Waals surface area (Å²) in [6.07, 6.45) is 0. The monoisotopic (exact) mass is 313 g/mol. The molecule has 0 N–H and O–H groups in total. The fourth-order valence-electron chi connectivity index (χ4n) is 3.12. The number of fused-ring (bicyclic) bond motifs is 1. The lowest BCUT2D eigenvalue weighted by atomic mass is 10.0. The molecule has 0 spiro atoms.